The van der Waals surface area contributed by atoms with E-state index in [1.807, 2.05) is 0 Å². The van der Waals surface area contributed by atoms with Gasteiger partial charge < -0.3 is 10.2 Å². The van der Waals surface area contributed by atoms with Gasteiger partial charge in [-0.2, -0.15) is 18.4 Å². The summed E-state index contributed by atoms with van der Waals surface area (Å²) < 4.78 is 65.5. The number of nitrogens with one attached hydrogen (secondary N) is 1. The number of fused-ring (bicyclic) bond motifs is 1. The quantitative estimate of drug-likeness (QED) is 0.387. The summed E-state index contributed by atoms with van der Waals surface area (Å²) >= 11 is 0. The summed E-state index contributed by atoms with van der Waals surface area (Å²) in [5, 5.41) is 11.9. The van der Waals surface area contributed by atoms with Gasteiger partial charge in [-0.1, -0.05) is 30.4 Å². The van der Waals surface area contributed by atoms with E-state index in [9.17, 15) is 31.5 Å². The first-order valence-corrected chi connectivity index (χ1v) is 11.1. The Balaban J connectivity index is 1.49. The van der Waals surface area contributed by atoms with Gasteiger partial charge in [0.1, 0.15) is 6.04 Å². The lowest BCUT2D eigenvalue weighted by atomic mass is 10.0. The standard InChI is InChI=1S/C26H19F5N4O2/c27-25(28)12-19(13-32)35(15-25)23(36)14-34-24(37)20-9-10-33-22-8-5-17(11-21(20)22)2-1-16-3-6-18(7-4-16)26(29,30)31/h1-11,19H,12,14-15H2,(H,34,37)/b2-1+. The van der Waals surface area contributed by atoms with Crippen LogP contribution in [0, 0.1) is 11.3 Å². The minimum Gasteiger partial charge on any atom is -0.343 e. The Bertz CT molecular complexity index is 1410. The smallest absolute Gasteiger partial charge is 0.343 e. The monoisotopic (exact) mass is 514 g/mol. The maximum Gasteiger partial charge on any atom is 0.416 e. The summed E-state index contributed by atoms with van der Waals surface area (Å²) in [6, 6.07) is 11.5. The molecule has 190 valence electrons. The van der Waals surface area contributed by atoms with E-state index in [1.165, 1.54) is 24.4 Å². The molecule has 0 saturated carbocycles. The Kier molecular flexibility index (Phi) is 6.94. The van der Waals surface area contributed by atoms with Crippen molar-refractivity contribution in [2.24, 2.45) is 0 Å². The summed E-state index contributed by atoms with van der Waals surface area (Å²) in [7, 11) is 0. The first kappa shape index (κ1) is 25.8. The lowest BCUT2D eigenvalue weighted by Crippen LogP contribution is -2.43. The molecule has 2 aromatic carbocycles. The van der Waals surface area contributed by atoms with Gasteiger partial charge in [0.25, 0.3) is 11.8 Å². The Hall–Kier alpha value is -4.33. The molecular formula is C26H19F5N4O2. The Morgan fingerprint density at radius 1 is 1.11 bits per heavy atom. The number of alkyl halides is 5. The number of halogens is 5. The van der Waals surface area contributed by atoms with Gasteiger partial charge in [0.15, 0.2) is 0 Å². The lowest BCUT2D eigenvalue weighted by molar-refractivity contribution is -0.137. The van der Waals surface area contributed by atoms with Crippen LogP contribution in [0.4, 0.5) is 22.0 Å². The Morgan fingerprint density at radius 2 is 1.78 bits per heavy atom. The summed E-state index contributed by atoms with van der Waals surface area (Å²) in [5.41, 5.74) is 1.10. The molecule has 1 atom stereocenters. The molecule has 1 unspecified atom stereocenters. The second kappa shape index (κ2) is 9.97. The fraction of sp³-hybridized carbons (Fsp3) is 0.231. The lowest BCUT2D eigenvalue weighted by Gasteiger charge is -2.19. The van der Waals surface area contributed by atoms with Crippen molar-refractivity contribution in [1.29, 1.82) is 5.26 Å². The molecule has 2 heterocycles. The third-order valence-electron chi connectivity index (χ3n) is 5.86. The molecule has 1 aliphatic heterocycles. The number of carbonyl (C=O) groups excluding carboxylic acids is 2. The number of pyridine rings is 1. The highest BCUT2D eigenvalue weighted by atomic mass is 19.4. The van der Waals surface area contributed by atoms with Gasteiger partial charge in [0, 0.05) is 18.0 Å². The number of nitriles is 1. The molecule has 2 amide bonds. The van der Waals surface area contributed by atoms with Crippen molar-refractivity contribution in [3.8, 4) is 6.07 Å². The normalized spacial score (nSPS) is 17.2. The van der Waals surface area contributed by atoms with E-state index in [2.05, 4.69) is 10.3 Å². The minimum absolute atomic E-state index is 0.186. The molecule has 0 bridgehead atoms. The SMILES string of the molecule is N#CC1CC(F)(F)CN1C(=O)CNC(=O)c1ccnc2ccc(/C=C/c3ccc(C(F)(F)F)cc3)cc12. The van der Waals surface area contributed by atoms with Crippen molar-refractivity contribution < 1.29 is 31.5 Å². The highest BCUT2D eigenvalue weighted by molar-refractivity contribution is 6.07. The third-order valence-corrected chi connectivity index (χ3v) is 5.86. The van der Waals surface area contributed by atoms with Crippen LogP contribution in [0.5, 0.6) is 0 Å². The molecule has 1 aliphatic rings. The largest absolute Gasteiger partial charge is 0.416 e. The van der Waals surface area contributed by atoms with Crippen LogP contribution in [0.25, 0.3) is 23.1 Å². The maximum atomic E-state index is 13.6. The second-order valence-electron chi connectivity index (χ2n) is 8.50. The average molecular weight is 514 g/mol. The number of likely N-dealkylation sites (tertiary alicyclic amines) is 1. The molecule has 1 aromatic heterocycles. The Labute approximate surface area is 208 Å². The van der Waals surface area contributed by atoms with Crippen molar-refractivity contribution in [1.82, 2.24) is 15.2 Å². The zero-order valence-electron chi connectivity index (χ0n) is 19.1. The van der Waals surface area contributed by atoms with Gasteiger partial charge in [0.05, 0.1) is 35.8 Å². The molecule has 1 N–H and O–H groups in total. The molecule has 4 rings (SSSR count). The molecule has 0 spiro atoms. The average Bonchev–Trinajstić information content (AvgIpc) is 3.19. The van der Waals surface area contributed by atoms with Crippen LogP contribution >= 0.6 is 0 Å². The first-order chi connectivity index (χ1) is 17.5. The van der Waals surface area contributed by atoms with E-state index in [-0.39, 0.29) is 5.56 Å². The molecule has 3 aromatic rings. The van der Waals surface area contributed by atoms with E-state index < -0.39 is 55.0 Å². The molecule has 0 radical (unpaired) electrons. The molecular weight excluding hydrogens is 495 g/mol. The van der Waals surface area contributed by atoms with Gasteiger partial charge in [-0.3, -0.25) is 14.6 Å². The molecule has 37 heavy (non-hydrogen) atoms. The van der Waals surface area contributed by atoms with Crippen molar-refractivity contribution in [3.05, 3.63) is 77.0 Å². The topological polar surface area (TPSA) is 86.1 Å². The molecule has 0 aliphatic carbocycles. The maximum absolute atomic E-state index is 13.6. The summed E-state index contributed by atoms with van der Waals surface area (Å²) in [6.07, 6.45) is -0.486. The van der Waals surface area contributed by atoms with Gasteiger partial charge in [-0.25, -0.2) is 8.78 Å². The van der Waals surface area contributed by atoms with Crippen molar-refractivity contribution in [2.45, 2.75) is 24.6 Å². The number of nitrogens with zero attached hydrogens (tertiary/aromatic N) is 3. The van der Waals surface area contributed by atoms with Crippen LogP contribution in [0.2, 0.25) is 0 Å². The molecule has 6 nitrogen and oxygen atoms in total. The van der Waals surface area contributed by atoms with Crippen LogP contribution in [-0.2, 0) is 11.0 Å². The number of hydrogen-bond acceptors (Lipinski definition) is 4. The van der Waals surface area contributed by atoms with Crippen molar-refractivity contribution in [3.63, 3.8) is 0 Å². The van der Waals surface area contributed by atoms with Crippen LogP contribution in [0.1, 0.15) is 33.5 Å². The third kappa shape index (κ3) is 5.91. The molecule has 1 fully saturated rings. The highest BCUT2D eigenvalue weighted by Gasteiger charge is 2.47. The molecule has 1 saturated heterocycles. The van der Waals surface area contributed by atoms with E-state index in [0.29, 0.717) is 22.0 Å². The van der Waals surface area contributed by atoms with Gasteiger partial charge in [0.2, 0.25) is 5.91 Å². The molecule has 11 heteroatoms. The summed E-state index contributed by atoms with van der Waals surface area (Å²) in [5.74, 6) is -4.59. The fourth-order valence-corrected chi connectivity index (χ4v) is 3.99. The van der Waals surface area contributed by atoms with E-state index >= 15 is 0 Å². The van der Waals surface area contributed by atoms with E-state index in [4.69, 9.17) is 5.26 Å². The number of benzene rings is 2. The Morgan fingerprint density at radius 3 is 2.46 bits per heavy atom. The van der Waals surface area contributed by atoms with E-state index in [1.54, 1.807) is 36.4 Å². The van der Waals surface area contributed by atoms with Gasteiger partial charge in [-0.15, -0.1) is 0 Å². The van der Waals surface area contributed by atoms with Crippen LogP contribution in [0.15, 0.2) is 54.7 Å². The van der Waals surface area contributed by atoms with Crippen LogP contribution in [-0.4, -0.2) is 46.8 Å². The van der Waals surface area contributed by atoms with Crippen LogP contribution in [0.3, 0.4) is 0 Å². The predicted octanol–water partition coefficient (Wildman–Crippen LogP) is 4.91. The number of amides is 2. The van der Waals surface area contributed by atoms with Gasteiger partial charge in [-0.05, 0) is 41.5 Å². The number of rotatable bonds is 5. The fourth-order valence-electron chi connectivity index (χ4n) is 3.99. The minimum atomic E-state index is -4.42. The summed E-state index contributed by atoms with van der Waals surface area (Å²) in [6.45, 7) is -1.45. The first-order valence-electron chi connectivity index (χ1n) is 11.1. The van der Waals surface area contributed by atoms with Gasteiger partial charge >= 0.3 is 6.18 Å². The van der Waals surface area contributed by atoms with Crippen molar-refractivity contribution >= 4 is 34.9 Å². The van der Waals surface area contributed by atoms with Crippen LogP contribution < -0.4 is 5.32 Å². The summed E-state index contributed by atoms with van der Waals surface area (Å²) in [4.78, 5) is 30.2. The number of carbonyl (C=O) groups is 2. The predicted molar refractivity (Wildman–Crippen MR) is 125 cm³/mol. The van der Waals surface area contributed by atoms with E-state index in [0.717, 1.165) is 17.0 Å². The highest BCUT2D eigenvalue weighted by Crippen LogP contribution is 2.32. The number of hydrogen-bond donors (Lipinski definition) is 1. The zero-order chi connectivity index (χ0) is 26.8. The number of aromatic nitrogens is 1. The second-order valence-corrected chi connectivity index (χ2v) is 8.50. The zero-order valence-corrected chi connectivity index (χ0v) is 19.1. The van der Waals surface area contributed by atoms with Crippen molar-refractivity contribution in [2.75, 3.05) is 13.1 Å².